The summed E-state index contributed by atoms with van der Waals surface area (Å²) in [6.45, 7) is 5.68. The van der Waals surface area contributed by atoms with Gasteiger partial charge in [-0.05, 0) is 24.6 Å². The van der Waals surface area contributed by atoms with Crippen LogP contribution in [0.2, 0.25) is 0 Å². The number of carbonyl (C=O) groups is 2. The van der Waals surface area contributed by atoms with Crippen LogP contribution in [0.15, 0.2) is 31.0 Å². The predicted octanol–water partition coefficient (Wildman–Crippen LogP) is 1.62. The van der Waals surface area contributed by atoms with Crippen LogP contribution in [0.25, 0.3) is 0 Å². The lowest BCUT2D eigenvalue weighted by Crippen LogP contribution is -2.45. The fraction of sp³-hybridized carbons (Fsp3) is 0.500. The SMILES string of the molecule is C=CC(=O)N1CCC(C(=O)N2CCC(Oc3ncccc3F)CC2)C1. The van der Waals surface area contributed by atoms with Crippen molar-refractivity contribution < 1.29 is 18.7 Å². The summed E-state index contributed by atoms with van der Waals surface area (Å²) in [5.74, 6) is -0.642. The first-order chi connectivity index (χ1) is 12.1. The Balaban J connectivity index is 1.49. The fourth-order valence-corrected chi connectivity index (χ4v) is 3.36. The molecule has 25 heavy (non-hydrogen) atoms. The normalized spacial score (nSPS) is 21.2. The van der Waals surface area contributed by atoms with Gasteiger partial charge in [-0.2, -0.15) is 0 Å². The Kier molecular flexibility index (Phi) is 5.31. The minimum Gasteiger partial charge on any atom is -0.472 e. The Hall–Kier alpha value is -2.44. The summed E-state index contributed by atoms with van der Waals surface area (Å²) in [6.07, 6.45) is 4.61. The highest BCUT2D eigenvalue weighted by Gasteiger charge is 2.34. The molecule has 2 aliphatic heterocycles. The van der Waals surface area contributed by atoms with E-state index in [2.05, 4.69) is 11.6 Å². The number of pyridine rings is 1. The lowest BCUT2D eigenvalue weighted by atomic mass is 10.0. The molecule has 0 saturated carbocycles. The van der Waals surface area contributed by atoms with Crippen LogP contribution in [0, 0.1) is 11.7 Å². The minimum atomic E-state index is -0.473. The largest absolute Gasteiger partial charge is 0.472 e. The molecule has 2 fully saturated rings. The second-order valence-electron chi connectivity index (χ2n) is 6.41. The van der Waals surface area contributed by atoms with Gasteiger partial charge in [-0.1, -0.05) is 6.58 Å². The smallest absolute Gasteiger partial charge is 0.250 e. The molecule has 0 spiro atoms. The monoisotopic (exact) mass is 347 g/mol. The third kappa shape index (κ3) is 3.97. The van der Waals surface area contributed by atoms with Crippen molar-refractivity contribution in [2.75, 3.05) is 26.2 Å². The van der Waals surface area contributed by atoms with Gasteiger partial charge in [-0.25, -0.2) is 9.37 Å². The molecule has 3 heterocycles. The van der Waals surface area contributed by atoms with Crippen LogP contribution < -0.4 is 4.74 Å². The van der Waals surface area contributed by atoms with Gasteiger partial charge in [-0.15, -0.1) is 0 Å². The number of aromatic nitrogens is 1. The number of likely N-dealkylation sites (tertiary alicyclic amines) is 2. The summed E-state index contributed by atoms with van der Waals surface area (Å²) in [4.78, 5) is 31.6. The quantitative estimate of drug-likeness (QED) is 0.777. The Labute approximate surface area is 146 Å². The first-order valence-electron chi connectivity index (χ1n) is 8.55. The lowest BCUT2D eigenvalue weighted by molar-refractivity contribution is -0.137. The van der Waals surface area contributed by atoms with Crippen LogP contribution in [0.3, 0.4) is 0 Å². The van der Waals surface area contributed by atoms with Crippen LogP contribution in [-0.4, -0.2) is 58.9 Å². The van der Waals surface area contributed by atoms with Gasteiger partial charge < -0.3 is 14.5 Å². The topological polar surface area (TPSA) is 62.7 Å². The number of halogens is 1. The molecule has 1 unspecified atom stereocenters. The molecule has 0 aliphatic carbocycles. The molecule has 2 saturated heterocycles. The van der Waals surface area contributed by atoms with E-state index in [1.807, 2.05) is 4.90 Å². The molecule has 0 bridgehead atoms. The van der Waals surface area contributed by atoms with E-state index in [0.29, 0.717) is 45.4 Å². The first-order valence-corrected chi connectivity index (χ1v) is 8.55. The van der Waals surface area contributed by atoms with Crippen LogP contribution in [0.4, 0.5) is 4.39 Å². The van der Waals surface area contributed by atoms with Crippen LogP contribution in [0.1, 0.15) is 19.3 Å². The van der Waals surface area contributed by atoms with Crippen molar-refractivity contribution in [3.8, 4) is 5.88 Å². The van der Waals surface area contributed by atoms with Gasteiger partial charge in [0.05, 0.1) is 5.92 Å². The number of rotatable bonds is 4. The maximum absolute atomic E-state index is 13.6. The van der Waals surface area contributed by atoms with Crippen molar-refractivity contribution in [3.63, 3.8) is 0 Å². The summed E-state index contributed by atoms with van der Waals surface area (Å²) < 4.78 is 19.2. The van der Waals surface area contributed by atoms with Crippen LogP contribution >= 0.6 is 0 Å². The Morgan fingerprint density at radius 3 is 2.64 bits per heavy atom. The number of hydrogen-bond acceptors (Lipinski definition) is 4. The maximum atomic E-state index is 13.6. The van der Waals surface area contributed by atoms with Gasteiger partial charge in [0.25, 0.3) is 5.88 Å². The maximum Gasteiger partial charge on any atom is 0.250 e. The average molecular weight is 347 g/mol. The minimum absolute atomic E-state index is 0.0154. The second-order valence-corrected chi connectivity index (χ2v) is 6.41. The molecule has 2 aliphatic rings. The molecule has 134 valence electrons. The summed E-state index contributed by atoms with van der Waals surface area (Å²) >= 11 is 0. The van der Waals surface area contributed by atoms with Crippen molar-refractivity contribution in [1.29, 1.82) is 0 Å². The number of carbonyl (C=O) groups excluding carboxylic acids is 2. The fourth-order valence-electron chi connectivity index (χ4n) is 3.36. The van der Waals surface area contributed by atoms with E-state index in [-0.39, 0.29) is 29.7 Å². The Morgan fingerprint density at radius 2 is 1.96 bits per heavy atom. The molecule has 3 rings (SSSR count). The van der Waals surface area contributed by atoms with Crippen molar-refractivity contribution in [2.45, 2.75) is 25.4 Å². The number of ether oxygens (including phenoxy) is 1. The van der Waals surface area contributed by atoms with E-state index in [1.54, 1.807) is 4.90 Å². The summed E-state index contributed by atoms with van der Waals surface area (Å²) in [5, 5.41) is 0. The number of nitrogens with zero attached hydrogens (tertiary/aromatic N) is 3. The van der Waals surface area contributed by atoms with Gasteiger partial charge in [0.2, 0.25) is 11.8 Å². The highest BCUT2D eigenvalue weighted by molar-refractivity contribution is 5.88. The molecule has 0 radical (unpaired) electrons. The number of piperidine rings is 1. The Bertz CT molecular complexity index is 659. The van der Waals surface area contributed by atoms with Crippen LogP contribution in [-0.2, 0) is 9.59 Å². The first kappa shape index (κ1) is 17.4. The zero-order chi connectivity index (χ0) is 17.8. The standard InChI is InChI=1S/C18H22FN3O3/c1-2-16(23)22-9-5-13(12-22)18(24)21-10-6-14(7-11-21)25-17-15(19)4-3-8-20-17/h2-4,8,13-14H,1,5-7,9-12H2. The van der Waals surface area contributed by atoms with Crippen LogP contribution in [0.5, 0.6) is 5.88 Å². The van der Waals surface area contributed by atoms with Crippen molar-refractivity contribution in [2.24, 2.45) is 5.92 Å². The molecule has 2 amide bonds. The molecule has 1 aromatic heterocycles. The highest BCUT2D eigenvalue weighted by Crippen LogP contribution is 2.23. The van der Waals surface area contributed by atoms with Gasteiger partial charge in [0.1, 0.15) is 6.10 Å². The predicted molar refractivity (Wildman–Crippen MR) is 89.3 cm³/mol. The summed E-state index contributed by atoms with van der Waals surface area (Å²) in [7, 11) is 0. The lowest BCUT2D eigenvalue weighted by Gasteiger charge is -2.33. The zero-order valence-electron chi connectivity index (χ0n) is 14.1. The third-order valence-corrected chi connectivity index (χ3v) is 4.78. The molecular formula is C18H22FN3O3. The molecule has 0 aromatic carbocycles. The molecule has 7 heteroatoms. The van der Waals surface area contributed by atoms with Crippen molar-refractivity contribution in [3.05, 3.63) is 36.8 Å². The van der Waals surface area contributed by atoms with E-state index in [9.17, 15) is 14.0 Å². The van der Waals surface area contributed by atoms with Crippen molar-refractivity contribution in [1.82, 2.24) is 14.8 Å². The Morgan fingerprint density at radius 1 is 1.24 bits per heavy atom. The third-order valence-electron chi connectivity index (χ3n) is 4.78. The van der Waals surface area contributed by atoms with E-state index >= 15 is 0 Å². The average Bonchev–Trinajstić information content (AvgIpc) is 3.13. The molecule has 0 N–H and O–H groups in total. The molecule has 1 aromatic rings. The molecule has 1 atom stereocenters. The molecular weight excluding hydrogens is 325 g/mol. The van der Waals surface area contributed by atoms with Gasteiger partial charge in [0, 0.05) is 45.2 Å². The second kappa shape index (κ2) is 7.63. The summed E-state index contributed by atoms with van der Waals surface area (Å²) in [6, 6.07) is 2.84. The van der Waals surface area contributed by atoms with E-state index < -0.39 is 5.82 Å². The molecule has 6 nitrogen and oxygen atoms in total. The highest BCUT2D eigenvalue weighted by atomic mass is 19.1. The van der Waals surface area contributed by atoms with Gasteiger partial charge >= 0.3 is 0 Å². The zero-order valence-corrected chi connectivity index (χ0v) is 14.1. The van der Waals surface area contributed by atoms with E-state index in [4.69, 9.17) is 4.74 Å². The van der Waals surface area contributed by atoms with E-state index in [0.717, 1.165) is 0 Å². The summed E-state index contributed by atoms with van der Waals surface area (Å²) in [5.41, 5.74) is 0. The van der Waals surface area contributed by atoms with Gasteiger partial charge in [-0.3, -0.25) is 9.59 Å². The number of amides is 2. The van der Waals surface area contributed by atoms with Gasteiger partial charge in [0.15, 0.2) is 5.82 Å². The number of hydrogen-bond donors (Lipinski definition) is 0. The van der Waals surface area contributed by atoms with Crippen molar-refractivity contribution >= 4 is 11.8 Å². The van der Waals surface area contributed by atoms with E-state index in [1.165, 1.54) is 24.4 Å².